The third kappa shape index (κ3) is 7.46. The Kier molecular flexibility index (Phi) is 11.8. The zero-order chi connectivity index (χ0) is 22.8. The molecule has 0 radical (unpaired) electrons. The van der Waals surface area contributed by atoms with Gasteiger partial charge in [-0.05, 0) is 32.6 Å². The van der Waals surface area contributed by atoms with Crippen molar-refractivity contribution < 1.29 is 22.3 Å². The summed E-state index contributed by atoms with van der Waals surface area (Å²) < 4.78 is 31.3. The molecule has 7 nitrogen and oxygen atoms in total. The van der Waals surface area contributed by atoms with Gasteiger partial charge in [0.2, 0.25) is 5.94 Å². The number of β-lactam (4-membered cyclic amide) rings is 1. The second kappa shape index (κ2) is 13.0. The molecular weight excluding hydrogens is 404 g/mol. The summed E-state index contributed by atoms with van der Waals surface area (Å²) in [6, 6.07) is -0.128. The van der Waals surface area contributed by atoms with E-state index < -0.39 is 16.1 Å². The number of hydrogen-bond acceptors (Lipinski definition) is 6. The zero-order valence-electron chi connectivity index (χ0n) is 20.0. The van der Waals surface area contributed by atoms with E-state index in [1.54, 1.807) is 5.06 Å². The maximum Gasteiger partial charge on any atom is 0.310 e. The average molecular weight is 449 g/mol. The molecule has 1 rings (SSSR count). The number of hydrogen-bond donors (Lipinski definition) is 0. The van der Waals surface area contributed by atoms with E-state index in [0.717, 1.165) is 69.3 Å². The monoisotopic (exact) mass is 448 g/mol. The molecule has 2 atom stereocenters. The fraction of sp³-hybridized carbons (Fsp3) is 0.955. The normalized spacial score (nSPS) is 20.1. The van der Waals surface area contributed by atoms with E-state index in [2.05, 4.69) is 27.7 Å². The lowest BCUT2D eigenvalue weighted by atomic mass is 9.82. The molecule has 30 heavy (non-hydrogen) atoms. The molecule has 0 aromatic rings. The van der Waals surface area contributed by atoms with Crippen molar-refractivity contribution in [3.8, 4) is 0 Å². The van der Waals surface area contributed by atoms with Gasteiger partial charge in [0, 0.05) is 12.1 Å². The van der Waals surface area contributed by atoms with Crippen LogP contribution in [-0.2, 0) is 24.0 Å². The van der Waals surface area contributed by atoms with E-state index in [0.29, 0.717) is 6.54 Å². The van der Waals surface area contributed by atoms with Crippen molar-refractivity contribution in [3.05, 3.63) is 0 Å². The maximum atomic E-state index is 12.8. The first-order chi connectivity index (χ1) is 14.2. The Hall–Kier alpha value is -0.700. The summed E-state index contributed by atoms with van der Waals surface area (Å²) in [5, 5.41) is 2.89. The summed E-state index contributed by atoms with van der Waals surface area (Å²) in [6.45, 7) is 12.8. The topological polar surface area (TPSA) is 76.2 Å². The van der Waals surface area contributed by atoms with Crippen LogP contribution in [0.25, 0.3) is 0 Å². The van der Waals surface area contributed by atoms with Crippen molar-refractivity contribution in [1.29, 1.82) is 0 Å². The molecule has 0 spiro atoms. The Morgan fingerprint density at radius 3 is 1.97 bits per heavy atom. The minimum Gasteiger partial charge on any atom is -0.272 e. The summed E-state index contributed by atoms with van der Waals surface area (Å²) in [5.74, 6) is -0.982. The molecular formula is C22H44N2O5S. The minimum absolute atomic E-state index is 0.128. The van der Waals surface area contributed by atoms with E-state index in [9.17, 15) is 13.2 Å². The SMILES string of the molecule is CCCCN(OS(=O)(=O)CON1C(=O)[C@@H](C)[C@@H]1C)C(CCC)(CCCC)CCCC. The molecule has 1 heterocycles. The van der Waals surface area contributed by atoms with Gasteiger partial charge < -0.3 is 0 Å². The van der Waals surface area contributed by atoms with Gasteiger partial charge in [0.05, 0.1) is 12.0 Å². The Morgan fingerprint density at radius 1 is 0.933 bits per heavy atom. The van der Waals surface area contributed by atoms with Crippen molar-refractivity contribution in [2.75, 3.05) is 12.5 Å². The van der Waals surface area contributed by atoms with Crippen molar-refractivity contribution in [2.24, 2.45) is 5.92 Å². The van der Waals surface area contributed by atoms with Crippen molar-refractivity contribution in [1.82, 2.24) is 10.1 Å². The summed E-state index contributed by atoms with van der Waals surface area (Å²) in [4.78, 5) is 17.2. The molecule has 0 aromatic heterocycles. The van der Waals surface area contributed by atoms with Crippen LogP contribution in [-0.4, -0.2) is 48.5 Å². The molecule has 0 aromatic carbocycles. The van der Waals surface area contributed by atoms with Gasteiger partial charge in [-0.3, -0.25) is 9.63 Å². The van der Waals surface area contributed by atoms with Crippen LogP contribution >= 0.6 is 0 Å². The number of rotatable bonds is 17. The largest absolute Gasteiger partial charge is 0.310 e. The Labute approximate surface area is 184 Å². The van der Waals surface area contributed by atoms with Gasteiger partial charge in [-0.1, -0.05) is 73.1 Å². The van der Waals surface area contributed by atoms with Crippen LogP contribution in [0, 0.1) is 5.92 Å². The highest BCUT2D eigenvalue weighted by molar-refractivity contribution is 7.86. The highest BCUT2D eigenvalue weighted by atomic mass is 32.2. The quantitative estimate of drug-likeness (QED) is 0.230. The lowest BCUT2D eigenvalue weighted by Gasteiger charge is -2.44. The first kappa shape index (κ1) is 27.3. The Bertz CT molecular complexity index is 603. The summed E-state index contributed by atoms with van der Waals surface area (Å²) in [7, 11) is -3.99. The molecule has 0 N–H and O–H groups in total. The second-order valence-electron chi connectivity index (χ2n) is 8.71. The predicted octanol–water partition coefficient (Wildman–Crippen LogP) is 5.03. The van der Waals surface area contributed by atoms with Crippen molar-refractivity contribution in [2.45, 2.75) is 117 Å². The molecule has 178 valence electrons. The molecule has 1 amide bonds. The number of carbonyl (C=O) groups is 1. The third-order valence-electron chi connectivity index (χ3n) is 6.19. The van der Waals surface area contributed by atoms with E-state index in [4.69, 9.17) is 9.12 Å². The standard InChI is InChI=1S/C22H44N2O5S/c1-7-11-15-22(14-10-4,16-12-8-2)23(17-13-9-3)29-30(26,27)18-28-24-20(6)19(5)21(24)25/h19-20H,7-18H2,1-6H3/t19-,20-/m0/s1. The van der Waals surface area contributed by atoms with E-state index >= 15 is 0 Å². The molecule has 0 unspecified atom stereocenters. The van der Waals surface area contributed by atoms with Gasteiger partial charge in [-0.2, -0.15) is 17.8 Å². The number of nitrogens with zero attached hydrogens (tertiary/aromatic N) is 2. The number of carbonyl (C=O) groups excluding carboxylic acids is 1. The lowest BCUT2D eigenvalue weighted by molar-refractivity contribution is -0.232. The molecule has 8 heteroatoms. The van der Waals surface area contributed by atoms with Gasteiger partial charge in [0.25, 0.3) is 5.91 Å². The Balaban J connectivity index is 2.99. The minimum atomic E-state index is -3.99. The summed E-state index contributed by atoms with van der Waals surface area (Å²) in [5.41, 5.74) is -0.294. The third-order valence-corrected chi connectivity index (χ3v) is 6.99. The smallest absolute Gasteiger partial charge is 0.272 e. The van der Waals surface area contributed by atoms with E-state index in [1.165, 1.54) is 0 Å². The van der Waals surface area contributed by atoms with Gasteiger partial charge in [0.15, 0.2) is 0 Å². The Morgan fingerprint density at radius 2 is 1.50 bits per heavy atom. The molecule has 0 saturated carbocycles. The fourth-order valence-electron chi connectivity index (χ4n) is 4.07. The second-order valence-corrected chi connectivity index (χ2v) is 10.2. The van der Waals surface area contributed by atoms with E-state index in [-0.39, 0.29) is 23.4 Å². The first-order valence-corrected chi connectivity index (χ1v) is 13.4. The van der Waals surface area contributed by atoms with Crippen LogP contribution in [0.2, 0.25) is 0 Å². The average Bonchev–Trinajstić information content (AvgIpc) is 2.72. The van der Waals surface area contributed by atoms with Crippen LogP contribution in [0.5, 0.6) is 0 Å². The van der Waals surface area contributed by atoms with Crippen LogP contribution in [0.3, 0.4) is 0 Å². The maximum absolute atomic E-state index is 12.8. The number of amides is 1. The predicted molar refractivity (Wildman–Crippen MR) is 120 cm³/mol. The van der Waals surface area contributed by atoms with Gasteiger partial charge in [-0.25, -0.2) is 5.06 Å². The molecule has 0 bridgehead atoms. The molecule has 1 aliphatic heterocycles. The molecule has 1 aliphatic rings. The summed E-state index contributed by atoms with van der Waals surface area (Å²) in [6.07, 6.45) is 9.68. The van der Waals surface area contributed by atoms with Crippen LogP contribution in [0.1, 0.15) is 106 Å². The summed E-state index contributed by atoms with van der Waals surface area (Å²) >= 11 is 0. The van der Waals surface area contributed by atoms with E-state index in [1.807, 2.05) is 13.8 Å². The number of unbranched alkanes of at least 4 members (excludes halogenated alkanes) is 3. The highest BCUT2D eigenvalue weighted by Gasteiger charge is 2.44. The van der Waals surface area contributed by atoms with Gasteiger partial charge in [0.1, 0.15) is 0 Å². The molecule has 0 aliphatic carbocycles. The van der Waals surface area contributed by atoms with Crippen LogP contribution < -0.4 is 0 Å². The zero-order valence-corrected chi connectivity index (χ0v) is 20.8. The lowest BCUT2D eigenvalue weighted by Crippen LogP contribution is -2.58. The van der Waals surface area contributed by atoms with Gasteiger partial charge >= 0.3 is 10.1 Å². The molecule has 1 fully saturated rings. The first-order valence-electron chi connectivity index (χ1n) is 11.8. The highest BCUT2D eigenvalue weighted by Crippen LogP contribution is 2.35. The molecule has 1 saturated heterocycles. The fourth-order valence-corrected chi connectivity index (χ4v) is 4.86. The van der Waals surface area contributed by atoms with Gasteiger partial charge in [-0.15, -0.1) is 0 Å². The van der Waals surface area contributed by atoms with Crippen molar-refractivity contribution >= 4 is 16.0 Å². The van der Waals surface area contributed by atoms with Crippen molar-refractivity contribution in [3.63, 3.8) is 0 Å². The number of hydroxylamine groups is 4. The van der Waals surface area contributed by atoms with Crippen LogP contribution in [0.15, 0.2) is 0 Å². The van der Waals surface area contributed by atoms with Crippen LogP contribution in [0.4, 0.5) is 0 Å².